The van der Waals surface area contributed by atoms with E-state index >= 15 is 0 Å². The smallest absolute Gasteiger partial charge is 0.376 e. The average Bonchev–Trinajstić information content (AvgIpc) is 2.48. The summed E-state index contributed by atoms with van der Waals surface area (Å²) in [6, 6.07) is 0. The number of ether oxygens (including phenoxy) is 1. The lowest BCUT2D eigenvalue weighted by Gasteiger charge is -2.14. The van der Waals surface area contributed by atoms with Gasteiger partial charge < -0.3 is 4.74 Å². The zero-order valence-electron chi connectivity index (χ0n) is 14.2. The van der Waals surface area contributed by atoms with Crippen molar-refractivity contribution in [3.8, 4) is 0 Å². The Hall–Kier alpha value is -0.930. The highest BCUT2D eigenvalue weighted by atomic mass is 19.3. The normalized spacial score (nSPS) is 12.0. The Labute approximate surface area is 134 Å². The molecule has 0 N–H and O–H groups in total. The molecule has 0 aromatic rings. The lowest BCUT2D eigenvalue weighted by atomic mass is 10.0. The van der Waals surface area contributed by atoms with Crippen LogP contribution in [0.5, 0.6) is 0 Å². The molecule has 0 spiro atoms. The first-order valence-electron chi connectivity index (χ1n) is 8.74. The Bertz CT molecular complexity index is 301. The quantitative estimate of drug-likeness (QED) is 0.221. The third-order valence-corrected chi connectivity index (χ3v) is 3.59. The summed E-state index contributed by atoms with van der Waals surface area (Å²) in [5.41, 5.74) is 0. The molecule has 4 heteroatoms. The van der Waals surface area contributed by atoms with Gasteiger partial charge in [-0.1, -0.05) is 57.6 Å². The molecule has 0 aromatic heterocycles. The van der Waals surface area contributed by atoms with Crippen LogP contribution in [0.3, 0.4) is 0 Å². The predicted octanol–water partition coefficient (Wildman–Crippen LogP) is 6.05. The molecule has 0 aliphatic heterocycles. The van der Waals surface area contributed by atoms with Crippen LogP contribution in [-0.4, -0.2) is 18.5 Å². The molecule has 0 saturated heterocycles. The molecule has 0 radical (unpaired) electrons. The van der Waals surface area contributed by atoms with Gasteiger partial charge in [0, 0.05) is 6.42 Å². The Morgan fingerprint density at radius 3 is 2.00 bits per heavy atom. The molecule has 130 valence electrons. The third-order valence-electron chi connectivity index (χ3n) is 3.59. The Morgan fingerprint density at radius 1 is 0.909 bits per heavy atom. The van der Waals surface area contributed by atoms with Gasteiger partial charge in [-0.15, -0.1) is 0 Å². The van der Waals surface area contributed by atoms with Gasteiger partial charge in [0.15, 0.2) is 0 Å². The molecular formula is C18H32F2O2. The zero-order valence-corrected chi connectivity index (χ0v) is 14.2. The lowest BCUT2D eigenvalue weighted by Crippen LogP contribution is -2.30. The standard InChI is InChI=1S/C18H32F2O2/c1-3-5-6-7-8-9-10-11-12-13-14-15-16-18(19,20)17(21)22-4-2/h5-6H,3-4,7-16H2,1-2H3/b6-5+. The van der Waals surface area contributed by atoms with E-state index in [0.717, 1.165) is 32.1 Å². The molecule has 0 bridgehead atoms. The van der Waals surface area contributed by atoms with Gasteiger partial charge in [0.2, 0.25) is 0 Å². The molecule has 0 unspecified atom stereocenters. The van der Waals surface area contributed by atoms with Crippen LogP contribution in [0.1, 0.15) is 84.5 Å². The summed E-state index contributed by atoms with van der Waals surface area (Å²) in [6.45, 7) is 3.68. The number of hydrogen-bond donors (Lipinski definition) is 0. The van der Waals surface area contributed by atoms with Crippen molar-refractivity contribution >= 4 is 5.97 Å². The van der Waals surface area contributed by atoms with E-state index in [1.54, 1.807) is 0 Å². The first-order valence-corrected chi connectivity index (χ1v) is 8.74. The molecule has 0 atom stereocenters. The number of rotatable bonds is 14. The largest absolute Gasteiger partial charge is 0.462 e. The fourth-order valence-corrected chi connectivity index (χ4v) is 2.29. The summed E-state index contributed by atoms with van der Waals surface area (Å²) >= 11 is 0. The van der Waals surface area contributed by atoms with Crippen LogP contribution in [0.15, 0.2) is 12.2 Å². The summed E-state index contributed by atoms with van der Waals surface area (Å²) in [5.74, 6) is -4.70. The van der Waals surface area contributed by atoms with Crippen LogP contribution in [0.25, 0.3) is 0 Å². The van der Waals surface area contributed by atoms with E-state index < -0.39 is 18.3 Å². The van der Waals surface area contributed by atoms with Crippen LogP contribution < -0.4 is 0 Å². The van der Waals surface area contributed by atoms with Crippen molar-refractivity contribution in [2.45, 2.75) is 90.4 Å². The van der Waals surface area contributed by atoms with Crippen molar-refractivity contribution in [3.63, 3.8) is 0 Å². The van der Waals surface area contributed by atoms with Gasteiger partial charge in [0.1, 0.15) is 0 Å². The van der Waals surface area contributed by atoms with E-state index in [4.69, 9.17) is 0 Å². The molecule has 2 nitrogen and oxygen atoms in total. The minimum atomic E-state index is -3.32. The highest BCUT2D eigenvalue weighted by Crippen LogP contribution is 2.24. The van der Waals surface area contributed by atoms with Gasteiger partial charge in [0.25, 0.3) is 0 Å². The Balaban J connectivity index is 3.39. The molecule has 0 aromatic carbocycles. The van der Waals surface area contributed by atoms with Crippen LogP contribution in [0.4, 0.5) is 8.78 Å². The molecular weight excluding hydrogens is 286 g/mol. The molecule has 0 fully saturated rings. The number of halogens is 2. The second kappa shape index (κ2) is 13.7. The number of carbonyl (C=O) groups excluding carboxylic acids is 1. The fraction of sp³-hybridized carbons (Fsp3) is 0.833. The molecule has 0 aliphatic carbocycles. The van der Waals surface area contributed by atoms with Crippen LogP contribution in [0.2, 0.25) is 0 Å². The number of alkyl halides is 2. The number of unbranched alkanes of at least 4 members (excludes halogenated alkanes) is 8. The SMILES string of the molecule is CC/C=C/CCCCCCCCCCC(F)(F)C(=O)OCC. The highest BCUT2D eigenvalue weighted by Gasteiger charge is 2.39. The molecule has 0 saturated carbocycles. The van der Waals surface area contributed by atoms with E-state index in [2.05, 4.69) is 23.8 Å². The summed E-state index contributed by atoms with van der Waals surface area (Å²) in [7, 11) is 0. The molecule has 0 aliphatic rings. The van der Waals surface area contributed by atoms with E-state index in [1.807, 2.05) is 0 Å². The summed E-state index contributed by atoms with van der Waals surface area (Å²) in [4.78, 5) is 11.0. The van der Waals surface area contributed by atoms with E-state index in [9.17, 15) is 13.6 Å². The minimum absolute atomic E-state index is 0.00264. The van der Waals surface area contributed by atoms with Crippen molar-refractivity contribution in [2.24, 2.45) is 0 Å². The van der Waals surface area contributed by atoms with Gasteiger partial charge in [-0.2, -0.15) is 8.78 Å². The van der Waals surface area contributed by atoms with Gasteiger partial charge in [-0.05, 0) is 32.6 Å². The average molecular weight is 318 g/mol. The van der Waals surface area contributed by atoms with Crippen LogP contribution in [-0.2, 0) is 9.53 Å². The van der Waals surface area contributed by atoms with E-state index in [1.165, 1.54) is 32.6 Å². The van der Waals surface area contributed by atoms with Crippen molar-refractivity contribution in [2.75, 3.05) is 6.61 Å². The first kappa shape index (κ1) is 21.1. The van der Waals surface area contributed by atoms with Crippen LogP contribution >= 0.6 is 0 Å². The molecule has 0 heterocycles. The third kappa shape index (κ3) is 11.7. The second-order valence-electron chi connectivity index (χ2n) is 5.67. The monoisotopic (exact) mass is 318 g/mol. The highest BCUT2D eigenvalue weighted by molar-refractivity contribution is 5.77. The maximum Gasteiger partial charge on any atom is 0.376 e. The number of carbonyl (C=O) groups is 1. The molecule has 0 amide bonds. The van der Waals surface area contributed by atoms with Crippen molar-refractivity contribution in [3.05, 3.63) is 12.2 Å². The van der Waals surface area contributed by atoms with Crippen molar-refractivity contribution in [1.29, 1.82) is 0 Å². The summed E-state index contributed by atoms with van der Waals surface area (Å²) in [6.07, 6.45) is 14.4. The first-order chi connectivity index (χ1) is 10.5. The van der Waals surface area contributed by atoms with Gasteiger partial charge in [0.05, 0.1) is 6.61 Å². The minimum Gasteiger partial charge on any atom is -0.462 e. The van der Waals surface area contributed by atoms with Crippen LogP contribution in [0, 0.1) is 0 Å². The Kier molecular flexibility index (Phi) is 13.1. The van der Waals surface area contributed by atoms with Gasteiger partial charge in [-0.25, -0.2) is 4.79 Å². The van der Waals surface area contributed by atoms with Gasteiger partial charge in [-0.3, -0.25) is 0 Å². The van der Waals surface area contributed by atoms with E-state index in [0.29, 0.717) is 6.42 Å². The predicted molar refractivity (Wildman–Crippen MR) is 87.2 cm³/mol. The number of hydrogen-bond acceptors (Lipinski definition) is 2. The number of esters is 1. The second-order valence-corrected chi connectivity index (χ2v) is 5.67. The van der Waals surface area contributed by atoms with E-state index in [-0.39, 0.29) is 6.61 Å². The maximum absolute atomic E-state index is 13.3. The molecule has 0 rings (SSSR count). The summed E-state index contributed by atoms with van der Waals surface area (Å²) < 4.78 is 31.0. The lowest BCUT2D eigenvalue weighted by molar-refractivity contribution is -0.172. The fourth-order valence-electron chi connectivity index (χ4n) is 2.29. The Morgan fingerprint density at radius 2 is 1.45 bits per heavy atom. The van der Waals surface area contributed by atoms with Gasteiger partial charge >= 0.3 is 11.9 Å². The van der Waals surface area contributed by atoms with Crippen molar-refractivity contribution in [1.82, 2.24) is 0 Å². The topological polar surface area (TPSA) is 26.3 Å². The summed E-state index contributed by atoms with van der Waals surface area (Å²) in [5, 5.41) is 0. The molecule has 22 heavy (non-hydrogen) atoms. The maximum atomic E-state index is 13.3. The number of allylic oxidation sites excluding steroid dienone is 2. The van der Waals surface area contributed by atoms with Crippen molar-refractivity contribution < 1.29 is 18.3 Å². The zero-order chi connectivity index (χ0) is 16.7.